The van der Waals surface area contributed by atoms with E-state index in [9.17, 15) is 9.90 Å². The molecule has 1 amide bonds. The van der Waals surface area contributed by atoms with Crippen LogP contribution in [-0.4, -0.2) is 43.5 Å². The molecule has 1 saturated heterocycles. The van der Waals surface area contributed by atoms with E-state index < -0.39 is 5.60 Å². The summed E-state index contributed by atoms with van der Waals surface area (Å²) < 4.78 is 1.86. The molecule has 3 aliphatic rings. The molecule has 6 atom stereocenters. The predicted molar refractivity (Wildman–Crippen MR) is 138 cm³/mol. The van der Waals surface area contributed by atoms with Crippen LogP contribution in [0.25, 0.3) is 10.9 Å². The van der Waals surface area contributed by atoms with E-state index in [0.29, 0.717) is 24.9 Å². The van der Waals surface area contributed by atoms with Gasteiger partial charge in [0.2, 0.25) is 5.91 Å². The molecule has 2 aliphatic carbocycles. The number of hydrazine groups is 1. The Labute approximate surface area is 211 Å². The summed E-state index contributed by atoms with van der Waals surface area (Å²) in [6.07, 6.45) is 9.70. The first-order valence-corrected chi connectivity index (χ1v) is 13.3. The number of benzene rings is 1. The fraction of sp³-hybridized carbons (Fsp3) is 0.536. The average Bonchev–Trinajstić information content (AvgIpc) is 3.46. The minimum atomic E-state index is -0.862. The topological polar surface area (TPSA) is 104 Å². The van der Waals surface area contributed by atoms with E-state index in [1.807, 2.05) is 48.3 Å². The Morgan fingerprint density at radius 1 is 1.22 bits per heavy atom. The molecule has 6 rings (SSSR count). The van der Waals surface area contributed by atoms with Gasteiger partial charge < -0.3 is 10.4 Å². The zero-order valence-corrected chi connectivity index (χ0v) is 20.9. The highest BCUT2D eigenvalue weighted by atomic mass is 16.3. The predicted octanol–water partition coefficient (Wildman–Crippen LogP) is 3.16. The van der Waals surface area contributed by atoms with Gasteiger partial charge in [-0.1, -0.05) is 18.2 Å². The molecule has 1 aromatic carbocycles. The van der Waals surface area contributed by atoms with Crippen LogP contribution in [0.4, 0.5) is 0 Å². The number of aryl methyl sites for hydroxylation is 1. The second-order valence-corrected chi connectivity index (χ2v) is 11.2. The summed E-state index contributed by atoms with van der Waals surface area (Å²) in [7, 11) is 0. The standard InChI is InChI=1S/C28H36N6O2/c1-18-13-19(10-12-29-18)26-23-14-20(8-9-25(23)31-32-26)27(35)30-22-6-4-11-28(36,15-22)17-34-16-21-5-2-3-7-24(21)33-34/h2-3,5,7,10,12-13,16,20,22-23,25-26,31-32,36H,4,6,8-9,11,14-15,17H2,1H3,(H,30,35)/t20?,22-,23?,25?,26?,28+/m1/s1. The van der Waals surface area contributed by atoms with Gasteiger partial charge in [-0.15, -0.1) is 0 Å². The minimum absolute atomic E-state index is 0.00239. The summed E-state index contributed by atoms with van der Waals surface area (Å²) in [6, 6.07) is 12.8. The Morgan fingerprint density at radius 2 is 2.11 bits per heavy atom. The maximum atomic E-state index is 13.4. The Hall–Kier alpha value is -2.81. The number of pyridine rings is 1. The van der Waals surface area contributed by atoms with E-state index in [2.05, 4.69) is 38.4 Å². The summed E-state index contributed by atoms with van der Waals surface area (Å²) in [4.78, 5) is 17.7. The van der Waals surface area contributed by atoms with Gasteiger partial charge in [-0.3, -0.25) is 19.9 Å². The van der Waals surface area contributed by atoms with Crippen LogP contribution in [0.3, 0.4) is 0 Å². The summed E-state index contributed by atoms with van der Waals surface area (Å²) in [6.45, 7) is 2.46. The summed E-state index contributed by atoms with van der Waals surface area (Å²) in [5, 5.41) is 20.4. The molecule has 1 aliphatic heterocycles. The summed E-state index contributed by atoms with van der Waals surface area (Å²) in [5.74, 6) is 0.516. The second-order valence-electron chi connectivity index (χ2n) is 11.2. The first-order valence-electron chi connectivity index (χ1n) is 13.3. The van der Waals surface area contributed by atoms with Crippen molar-refractivity contribution < 1.29 is 9.90 Å². The largest absolute Gasteiger partial charge is 0.388 e. The fourth-order valence-corrected chi connectivity index (χ4v) is 6.71. The SMILES string of the molecule is Cc1cc(C2NNC3CCC(C(=O)N[C@@H]4CCC[C@@](O)(Cn5cc6ccccc6n5)C4)CC32)ccn1. The van der Waals surface area contributed by atoms with Crippen molar-refractivity contribution in [1.82, 2.24) is 30.9 Å². The number of fused-ring (bicyclic) bond motifs is 2. The van der Waals surface area contributed by atoms with Gasteiger partial charge in [0.25, 0.3) is 0 Å². The summed E-state index contributed by atoms with van der Waals surface area (Å²) >= 11 is 0. The van der Waals surface area contributed by atoms with E-state index in [0.717, 1.165) is 55.1 Å². The molecule has 8 nitrogen and oxygen atoms in total. The van der Waals surface area contributed by atoms with Crippen LogP contribution in [0.2, 0.25) is 0 Å². The van der Waals surface area contributed by atoms with Gasteiger partial charge in [0, 0.05) is 41.5 Å². The summed E-state index contributed by atoms with van der Waals surface area (Å²) in [5.41, 5.74) is 9.26. The van der Waals surface area contributed by atoms with Crippen molar-refractivity contribution in [2.75, 3.05) is 0 Å². The molecule has 0 radical (unpaired) electrons. The van der Waals surface area contributed by atoms with E-state index in [1.54, 1.807) is 0 Å². The van der Waals surface area contributed by atoms with Gasteiger partial charge in [0.1, 0.15) is 0 Å². The molecule has 3 heterocycles. The van der Waals surface area contributed by atoms with Gasteiger partial charge >= 0.3 is 0 Å². The zero-order chi connectivity index (χ0) is 24.7. The fourth-order valence-electron chi connectivity index (χ4n) is 6.71. The van der Waals surface area contributed by atoms with Crippen LogP contribution < -0.4 is 16.2 Å². The first-order chi connectivity index (χ1) is 17.5. The molecule has 3 aromatic rings. The smallest absolute Gasteiger partial charge is 0.223 e. The van der Waals surface area contributed by atoms with E-state index in [4.69, 9.17) is 0 Å². The lowest BCUT2D eigenvalue weighted by Crippen LogP contribution is -2.50. The molecule has 0 spiro atoms. The highest BCUT2D eigenvalue weighted by Crippen LogP contribution is 2.41. The number of carbonyl (C=O) groups is 1. The van der Waals surface area contributed by atoms with Crippen LogP contribution in [0.5, 0.6) is 0 Å². The first kappa shape index (κ1) is 23.6. The normalized spacial score (nSPS) is 32.3. The number of nitrogens with zero attached hydrogens (tertiary/aromatic N) is 3. The second kappa shape index (κ2) is 9.57. The third-order valence-corrected chi connectivity index (χ3v) is 8.49. The molecule has 2 aromatic heterocycles. The van der Waals surface area contributed by atoms with Crippen molar-refractivity contribution in [2.45, 2.75) is 82.1 Å². The van der Waals surface area contributed by atoms with E-state index in [-0.39, 0.29) is 23.9 Å². The number of carbonyl (C=O) groups excluding carboxylic acids is 1. The monoisotopic (exact) mass is 488 g/mol. The minimum Gasteiger partial charge on any atom is -0.388 e. The molecule has 190 valence electrons. The van der Waals surface area contributed by atoms with Crippen LogP contribution in [-0.2, 0) is 11.3 Å². The molecule has 4 N–H and O–H groups in total. The molecule has 4 unspecified atom stereocenters. The molecule has 8 heteroatoms. The Balaban J connectivity index is 1.08. The number of aromatic nitrogens is 3. The quantitative estimate of drug-likeness (QED) is 0.440. The van der Waals surface area contributed by atoms with Gasteiger partial charge in [-0.05, 0) is 81.5 Å². The number of aliphatic hydroxyl groups is 1. The maximum Gasteiger partial charge on any atom is 0.223 e. The van der Waals surface area contributed by atoms with Crippen molar-refractivity contribution in [3.63, 3.8) is 0 Å². The van der Waals surface area contributed by atoms with Crippen LogP contribution in [0.15, 0.2) is 48.8 Å². The number of nitrogens with one attached hydrogen (secondary N) is 3. The van der Waals surface area contributed by atoms with E-state index >= 15 is 0 Å². The Bertz CT molecular complexity index is 1210. The van der Waals surface area contributed by atoms with Crippen LogP contribution in [0, 0.1) is 18.8 Å². The van der Waals surface area contributed by atoms with Crippen LogP contribution in [0.1, 0.15) is 62.2 Å². The van der Waals surface area contributed by atoms with Gasteiger partial charge in [-0.25, -0.2) is 5.43 Å². The lowest BCUT2D eigenvalue weighted by atomic mass is 9.74. The number of rotatable bonds is 5. The van der Waals surface area contributed by atoms with Crippen molar-refractivity contribution in [2.24, 2.45) is 11.8 Å². The average molecular weight is 489 g/mol. The molecule has 2 saturated carbocycles. The molecule has 36 heavy (non-hydrogen) atoms. The highest BCUT2D eigenvalue weighted by molar-refractivity contribution is 5.79. The number of hydrogen-bond acceptors (Lipinski definition) is 6. The van der Waals surface area contributed by atoms with Crippen molar-refractivity contribution >= 4 is 16.8 Å². The van der Waals surface area contributed by atoms with Gasteiger partial charge in [-0.2, -0.15) is 5.10 Å². The van der Waals surface area contributed by atoms with Gasteiger partial charge in [0.15, 0.2) is 0 Å². The lowest BCUT2D eigenvalue weighted by Gasteiger charge is -2.38. The van der Waals surface area contributed by atoms with Crippen LogP contribution >= 0.6 is 0 Å². The molecular weight excluding hydrogens is 452 g/mol. The maximum absolute atomic E-state index is 13.4. The van der Waals surface area contributed by atoms with Crippen molar-refractivity contribution in [3.8, 4) is 0 Å². The number of amides is 1. The molecule has 0 bridgehead atoms. The third-order valence-electron chi connectivity index (χ3n) is 8.49. The lowest BCUT2D eigenvalue weighted by molar-refractivity contribution is -0.128. The third kappa shape index (κ3) is 4.77. The molecule has 3 fully saturated rings. The van der Waals surface area contributed by atoms with Gasteiger partial charge in [0.05, 0.1) is 23.7 Å². The highest BCUT2D eigenvalue weighted by Gasteiger charge is 2.43. The Kier molecular flexibility index (Phi) is 6.27. The number of hydrogen-bond donors (Lipinski definition) is 4. The Morgan fingerprint density at radius 3 is 2.97 bits per heavy atom. The molecular formula is C28H36N6O2. The van der Waals surface area contributed by atoms with Crippen molar-refractivity contribution in [1.29, 1.82) is 0 Å². The van der Waals surface area contributed by atoms with Crippen molar-refractivity contribution in [3.05, 3.63) is 60.0 Å². The van der Waals surface area contributed by atoms with E-state index in [1.165, 1.54) is 5.56 Å². The zero-order valence-electron chi connectivity index (χ0n) is 20.9.